The fourth-order valence-corrected chi connectivity index (χ4v) is 3.60. The van der Waals surface area contributed by atoms with Crippen LogP contribution in [-0.2, 0) is 11.2 Å². The molecule has 2 aromatic rings. The van der Waals surface area contributed by atoms with Gasteiger partial charge in [0.25, 0.3) is 0 Å². The van der Waals surface area contributed by atoms with E-state index in [0.717, 1.165) is 24.0 Å². The van der Waals surface area contributed by atoms with Gasteiger partial charge in [0.05, 0.1) is 11.9 Å². The van der Waals surface area contributed by atoms with E-state index in [1.165, 1.54) is 18.0 Å². The average Bonchev–Trinajstić information content (AvgIpc) is 2.58. The fourth-order valence-electron chi connectivity index (χ4n) is 2.61. The minimum absolute atomic E-state index is 0.0645. The molecule has 0 bridgehead atoms. The van der Waals surface area contributed by atoms with E-state index in [9.17, 15) is 9.59 Å². The zero-order valence-electron chi connectivity index (χ0n) is 13.2. The summed E-state index contributed by atoms with van der Waals surface area (Å²) >= 11 is 1.28. The lowest BCUT2D eigenvalue weighted by Gasteiger charge is -2.22. The molecule has 124 valence electrons. The van der Waals surface area contributed by atoms with Crippen molar-refractivity contribution in [3.8, 4) is 0 Å². The highest BCUT2D eigenvalue weighted by Gasteiger charge is 2.29. The standard InChI is InChI=1S/C17H17N3O3S/c1-2-23-16(22)12-9-19-17(20-15(12)18)24-13-8-7-10-5-3-4-6-11(10)14(13)21/h3-6,9,13H,2,7-8H2,1H3,(H2,18,19,20)/t13-/m1/s1. The largest absolute Gasteiger partial charge is 0.462 e. The first-order valence-electron chi connectivity index (χ1n) is 7.68. The van der Waals surface area contributed by atoms with E-state index in [-0.39, 0.29) is 29.0 Å². The van der Waals surface area contributed by atoms with Gasteiger partial charge in [0, 0.05) is 11.8 Å². The summed E-state index contributed by atoms with van der Waals surface area (Å²) in [6, 6.07) is 7.64. The van der Waals surface area contributed by atoms with Crippen molar-refractivity contribution < 1.29 is 14.3 Å². The molecular formula is C17H17N3O3S. The normalized spacial score (nSPS) is 16.5. The Hall–Kier alpha value is -2.41. The first-order chi connectivity index (χ1) is 11.6. The lowest BCUT2D eigenvalue weighted by atomic mass is 9.90. The Balaban J connectivity index is 1.76. The second-order valence-corrected chi connectivity index (χ2v) is 6.51. The number of fused-ring (bicyclic) bond motifs is 1. The van der Waals surface area contributed by atoms with Gasteiger partial charge in [0.2, 0.25) is 0 Å². The molecular weight excluding hydrogens is 326 g/mol. The van der Waals surface area contributed by atoms with Crippen LogP contribution in [0.1, 0.15) is 39.6 Å². The van der Waals surface area contributed by atoms with Crippen molar-refractivity contribution in [1.29, 1.82) is 0 Å². The molecule has 6 nitrogen and oxygen atoms in total. The Kier molecular flexibility index (Phi) is 4.80. The summed E-state index contributed by atoms with van der Waals surface area (Å²) in [7, 11) is 0. The molecule has 0 aliphatic heterocycles. The molecule has 0 fully saturated rings. The SMILES string of the molecule is CCOC(=O)c1cnc(S[C@@H]2CCc3ccccc3C2=O)nc1N. The molecule has 2 N–H and O–H groups in total. The summed E-state index contributed by atoms with van der Waals surface area (Å²) in [6.07, 6.45) is 2.92. The van der Waals surface area contributed by atoms with Crippen LogP contribution in [-0.4, -0.2) is 33.6 Å². The molecule has 0 unspecified atom stereocenters. The Morgan fingerprint density at radius 3 is 2.96 bits per heavy atom. The third kappa shape index (κ3) is 3.26. The van der Waals surface area contributed by atoms with Crippen LogP contribution in [0.15, 0.2) is 35.6 Å². The first-order valence-corrected chi connectivity index (χ1v) is 8.56. The number of rotatable bonds is 4. The molecule has 0 amide bonds. The molecule has 1 aromatic carbocycles. The number of benzene rings is 1. The predicted octanol–water partition coefficient (Wildman–Crippen LogP) is 2.53. The molecule has 7 heteroatoms. The molecule has 1 heterocycles. The number of hydrogen-bond donors (Lipinski definition) is 1. The van der Waals surface area contributed by atoms with Crippen molar-refractivity contribution in [2.24, 2.45) is 0 Å². The van der Waals surface area contributed by atoms with E-state index in [0.29, 0.717) is 5.16 Å². The zero-order valence-corrected chi connectivity index (χ0v) is 14.0. The van der Waals surface area contributed by atoms with Gasteiger partial charge in [-0.05, 0) is 25.3 Å². The number of carbonyl (C=O) groups excluding carboxylic acids is 2. The fraction of sp³-hybridized carbons (Fsp3) is 0.294. The smallest absolute Gasteiger partial charge is 0.343 e. The van der Waals surface area contributed by atoms with Crippen molar-refractivity contribution >= 4 is 29.3 Å². The number of ketones is 1. The van der Waals surface area contributed by atoms with Crippen LogP contribution in [0.3, 0.4) is 0 Å². The molecule has 1 aliphatic carbocycles. The van der Waals surface area contributed by atoms with Crippen LogP contribution in [0.5, 0.6) is 0 Å². The van der Waals surface area contributed by atoms with E-state index in [1.807, 2.05) is 24.3 Å². The van der Waals surface area contributed by atoms with Crippen LogP contribution in [0.25, 0.3) is 0 Å². The summed E-state index contributed by atoms with van der Waals surface area (Å²) in [5.74, 6) is -0.401. The Morgan fingerprint density at radius 1 is 1.42 bits per heavy atom. The van der Waals surface area contributed by atoms with Gasteiger partial charge in [-0.1, -0.05) is 36.0 Å². The van der Waals surface area contributed by atoms with Crippen molar-refractivity contribution in [1.82, 2.24) is 9.97 Å². The monoisotopic (exact) mass is 343 g/mol. The van der Waals surface area contributed by atoms with Gasteiger partial charge in [-0.2, -0.15) is 0 Å². The zero-order chi connectivity index (χ0) is 17.1. The highest BCUT2D eigenvalue weighted by atomic mass is 32.2. The van der Waals surface area contributed by atoms with E-state index in [1.54, 1.807) is 6.92 Å². The van der Waals surface area contributed by atoms with Crippen LogP contribution in [0, 0.1) is 0 Å². The minimum atomic E-state index is -0.547. The molecule has 0 spiro atoms. The lowest BCUT2D eigenvalue weighted by Crippen LogP contribution is -2.25. The number of thioether (sulfide) groups is 1. The van der Waals surface area contributed by atoms with Gasteiger partial charge >= 0.3 is 5.97 Å². The molecule has 0 saturated carbocycles. The van der Waals surface area contributed by atoms with Gasteiger partial charge in [-0.15, -0.1) is 0 Å². The van der Waals surface area contributed by atoms with Gasteiger partial charge < -0.3 is 10.5 Å². The first kappa shape index (κ1) is 16.4. The third-order valence-corrected chi connectivity index (χ3v) is 4.93. The number of nitrogen functional groups attached to an aromatic ring is 1. The number of anilines is 1. The Labute approximate surface area is 143 Å². The molecule has 1 aromatic heterocycles. The second kappa shape index (κ2) is 7.00. The maximum absolute atomic E-state index is 12.6. The molecule has 0 radical (unpaired) electrons. The van der Waals surface area contributed by atoms with Gasteiger partial charge in [-0.3, -0.25) is 4.79 Å². The van der Waals surface area contributed by atoms with Crippen molar-refractivity contribution in [2.75, 3.05) is 12.3 Å². The number of hydrogen-bond acceptors (Lipinski definition) is 7. The number of ether oxygens (including phenoxy) is 1. The summed E-state index contributed by atoms with van der Waals surface area (Å²) < 4.78 is 4.89. The summed E-state index contributed by atoms with van der Waals surface area (Å²) in [4.78, 5) is 32.6. The summed E-state index contributed by atoms with van der Waals surface area (Å²) in [5, 5.41) is 0.144. The molecule has 1 atom stereocenters. The van der Waals surface area contributed by atoms with E-state index >= 15 is 0 Å². The van der Waals surface area contributed by atoms with Crippen molar-refractivity contribution in [2.45, 2.75) is 30.2 Å². The predicted molar refractivity (Wildman–Crippen MR) is 91.1 cm³/mol. The molecule has 24 heavy (non-hydrogen) atoms. The van der Waals surface area contributed by atoms with E-state index < -0.39 is 5.97 Å². The van der Waals surface area contributed by atoms with Crippen molar-refractivity contribution in [3.63, 3.8) is 0 Å². The van der Waals surface area contributed by atoms with Crippen LogP contribution in [0.2, 0.25) is 0 Å². The number of aryl methyl sites for hydroxylation is 1. The van der Waals surface area contributed by atoms with Crippen LogP contribution < -0.4 is 5.73 Å². The number of esters is 1. The Bertz CT molecular complexity index is 794. The van der Waals surface area contributed by atoms with Gasteiger partial charge in [0.1, 0.15) is 11.4 Å². The maximum atomic E-state index is 12.6. The number of nitrogens with two attached hydrogens (primary N) is 1. The van der Waals surface area contributed by atoms with Crippen molar-refractivity contribution in [3.05, 3.63) is 47.2 Å². The second-order valence-electron chi connectivity index (χ2n) is 5.34. The summed E-state index contributed by atoms with van der Waals surface area (Å²) in [6.45, 7) is 1.97. The molecule has 1 aliphatic rings. The third-order valence-electron chi connectivity index (χ3n) is 3.79. The number of aromatic nitrogens is 2. The van der Waals surface area contributed by atoms with E-state index in [4.69, 9.17) is 10.5 Å². The average molecular weight is 343 g/mol. The minimum Gasteiger partial charge on any atom is -0.462 e. The molecule has 3 rings (SSSR count). The maximum Gasteiger partial charge on any atom is 0.343 e. The lowest BCUT2D eigenvalue weighted by molar-refractivity contribution is 0.0526. The van der Waals surface area contributed by atoms with Crippen LogP contribution in [0.4, 0.5) is 5.82 Å². The van der Waals surface area contributed by atoms with Gasteiger partial charge in [0.15, 0.2) is 10.9 Å². The topological polar surface area (TPSA) is 95.2 Å². The highest BCUT2D eigenvalue weighted by Crippen LogP contribution is 2.32. The number of nitrogens with zero attached hydrogens (tertiary/aromatic N) is 2. The highest BCUT2D eigenvalue weighted by molar-refractivity contribution is 8.00. The number of Topliss-reactive ketones (excluding diaryl/α,β-unsaturated/α-hetero) is 1. The van der Waals surface area contributed by atoms with Gasteiger partial charge in [-0.25, -0.2) is 14.8 Å². The number of carbonyl (C=O) groups is 2. The summed E-state index contributed by atoms with van der Waals surface area (Å²) in [5.41, 5.74) is 7.80. The van der Waals surface area contributed by atoms with Crippen LogP contribution >= 0.6 is 11.8 Å². The Morgan fingerprint density at radius 2 is 2.21 bits per heavy atom. The van der Waals surface area contributed by atoms with E-state index in [2.05, 4.69) is 9.97 Å². The molecule has 0 saturated heterocycles. The quantitative estimate of drug-likeness (QED) is 0.673.